The number of fused-ring (bicyclic) bond motifs is 2. The minimum atomic E-state index is -0.162. The summed E-state index contributed by atoms with van der Waals surface area (Å²) >= 11 is 0. The summed E-state index contributed by atoms with van der Waals surface area (Å²) in [5.74, 6) is -0.162. The van der Waals surface area contributed by atoms with Gasteiger partial charge in [0.15, 0.2) is 0 Å². The molecule has 1 aliphatic heterocycles. The number of hydrogen-bond acceptors (Lipinski definition) is 1. The van der Waals surface area contributed by atoms with Crippen molar-refractivity contribution in [2.45, 2.75) is 58.4 Å². The largest absolute Gasteiger partial charge is 0.361 e. The molecule has 1 aliphatic rings. The molecular weight excluding hydrogens is 347 g/mol. The lowest BCUT2D eigenvalue weighted by molar-refractivity contribution is 0.219. The summed E-state index contributed by atoms with van der Waals surface area (Å²) in [6.45, 7) is 5.64. The van der Waals surface area contributed by atoms with Crippen LogP contribution in [0.3, 0.4) is 0 Å². The van der Waals surface area contributed by atoms with Crippen molar-refractivity contribution in [3.8, 4) is 0 Å². The van der Waals surface area contributed by atoms with Gasteiger partial charge in [0.2, 0.25) is 0 Å². The van der Waals surface area contributed by atoms with Crippen LogP contribution in [0, 0.1) is 5.82 Å². The minimum absolute atomic E-state index is 0.162. The van der Waals surface area contributed by atoms with Crippen molar-refractivity contribution in [3.63, 3.8) is 0 Å². The summed E-state index contributed by atoms with van der Waals surface area (Å²) in [6, 6.07) is 10.4. The van der Waals surface area contributed by atoms with E-state index in [1.54, 1.807) is 6.07 Å². The third-order valence-corrected chi connectivity index (χ3v) is 6.40. The van der Waals surface area contributed by atoms with Gasteiger partial charge in [-0.3, -0.25) is 4.90 Å². The lowest BCUT2D eigenvalue weighted by Gasteiger charge is -2.35. The van der Waals surface area contributed by atoms with Crippen molar-refractivity contribution in [2.75, 3.05) is 13.6 Å². The number of nitrogens with zero attached hydrogens (tertiary/aromatic N) is 1. The predicted octanol–water partition coefficient (Wildman–Crippen LogP) is 5.98. The van der Waals surface area contributed by atoms with Gasteiger partial charge in [0.05, 0.1) is 0 Å². The van der Waals surface area contributed by atoms with E-state index in [1.807, 2.05) is 6.07 Å². The molecule has 0 fully saturated rings. The Kier molecular flexibility index (Phi) is 5.54. The maximum Gasteiger partial charge on any atom is 0.123 e. The van der Waals surface area contributed by atoms with Crippen molar-refractivity contribution < 1.29 is 4.39 Å². The first-order valence-corrected chi connectivity index (χ1v) is 10.7. The smallest absolute Gasteiger partial charge is 0.123 e. The maximum absolute atomic E-state index is 13.7. The molecule has 0 bridgehead atoms. The fraction of sp³-hybridized carbons (Fsp3) is 0.440. The molecular formula is C25H31FN2. The first kappa shape index (κ1) is 19.2. The van der Waals surface area contributed by atoms with E-state index in [4.69, 9.17) is 0 Å². The second-order valence-corrected chi connectivity index (χ2v) is 8.21. The standard InChI is InChI=1S/C25H31FN2/c1-4-6-18-14-23-19(13-17(18)5-2)11-12-28(3)25(23)10-7-20-16-27-24-9-8-21(26)15-22(20)24/h8-9,13-16,25,27H,4-7,10-12H2,1-3H3. The number of aromatic nitrogens is 1. The van der Waals surface area contributed by atoms with Crippen molar-refractivity contribution in [3.05, 3.63) is 70.2 Å². The molecule has 0 radical (unpaired) electrons. The monoisotopic (exact) mass is 378 g/mol. The first-order chi connectivity index (χ1) is 13.6. The van der Waals surface area contributed by atoms with E-state index in [0.29, 0.717) is 6.04 Å². The Bertz CT molecular complexity index is 972. The Morgan fingerprint density at radius 3 is 2.71 bits per heavy atom. The molecule has 2 aromatic carbocycles. The van der Waals surface area contributed by atoms with Gasteiger partial charge >= 0.3 is 0 Å². The van der Waals surface area contributed by atoms with E-state index in [-0.39, 0.29) is 5.82 Å². The number of aromatic amines is 1. The number of hydrogen-bond donors (Lipinski definition) is 1. The fourth-order valence-corrected chi connectivity index (χ4v) is 4.83. The zero-order chi connectivity index (χ0) is 19.7. The third kappa shape index (κ3) is 3.60. The molecule has 0 aliphatic carbocycles. The highest BCUT2D eigenvalue weighted by Gasteiger charge is 2.26. The van der Waals surface area contributed by atoms with Crippen LogP contribution in [0.1, 0.15) is 60.5 Å². The van der Waals surface area contributed by atoms with Gasteiger partial charge in [0.1, 0.15) is 5.82 Å². The van der Waals surface area contributed by atoms with Gasteiger partial charge in [-0.2, -0.15) is 0 Å². The van der Waals surface area contributed by atoms with E-state index in [9.17, 15) is 4.39 Å². The van der Waals surface area contributed by atoms with Gasteiger partial charge < -0.3 is 4.98 Å². The Labute approximate surface area is 167 Å². The average Bonchev–Trinajstić information content (AvgIpc) is 3.09. The molecule has 28 heavy (non-hydrogen) atoms. The highest BCUT2D eigenvalue weighted by molar-refractivity contribution is 5.83. The molecule has 1 atom stereocenters. The fourth-order valence-electron chi connectivity index (χ4n) is 4.83. The van der Waals surface area contributed by atoms with Crippen molar-refractivity contribution in [2.24, 2.45) is 0 Å². The van der Waals surface area contributed by atoms with Gasteiger partial charge in [-0.15, -0.1) is 0 Å². The quantitative estimate of drug-likeness (QED) is 0.559. The van der Waals surface area contributed by atoms with Crippen LogP contribution in [0.2, 0.25) is 0 Å². The Hall–Kier alpha value is -2.13. The first-order valence-electron chi connectivity index (χ1n) is 10.7. The van der Waals surface area contributed by atoms with Gasteiger partial charge in [-0.1, -0.05) is 32.4 Å². The second kappa shape index (κ2) is 8.08. The summed E-state index contributed by atoms with van der Waals surface area (Å²) < 4.78 is 13.7. The number of aryl methyl sites for hydroxylation is 3. The number of benzene rings is 2. The van der Waals surface area contributed by atoms with Crippen LogP contribution in [-0.2, 0) is 25.7 Å². The van der Waals surface area contributed by atoms with Crippen LogP contribution < -0.4 is 0 Å². The normalized spacial score (nSPS) is 17.2. The van der Waals surface area contributed by atoms with Crippen LogP contribution in [0.5, 0.6) is 0 Å². The van der Waals surface area contributed by atoms with E-state index in [2.05, 4.69) is 49.1 Å². The lowest BCUT2D eigenvalue weighted by Crippen LogP contribution is -2.32. The summed E-state index contributed by atoms with van der Waals surface area (Å²) in [4.78, 5) is 5.79. The maximum atomic E-state index is 13.7. The van der Waals surface area contributed by atoms with Crippen molar-refractivity contribution >= 4 is 10.9 Å². The topological polar surface area (TPSA) is 19.0 Å². The highest BCUT2D eigenvalue weighted by atomic mass is 19.1. The Balaban J connectivity index is 1.62. The van der Waals surface area contributed by atoms with Crippen molar-refractivity contribution in [1.29, 1.82) is 0 Å². The van der Waals surface area contributed by atoms with Crippen LogP contribution in [0.25, 0.3) is 10.9 Å². The molecule has 148 valence electrons. The molecule has 3 aromatic rings. The molecule has 3 heteroatoms. The van der Waals surface area contributed by atoms with E-state index in [0.717, 1.165) is 49.6 Å². The molecule has 1 unspecified atom stereocenters. The molecule has 1 N–H and O–H groups in total. The zero-order valence-corrected chi connectivity index (χ0v) is 17.3. The summed E-state index contributed by atoms with van der Waals surface area (Å²) in [5.41, 5.74) is 8.33. The molecule has 4 rings (SSSR count). The van der Waals surface area contributed by atoms with E-state index < -0.39 is 0 Å². The van der Waals surface area contributed by atoms with Gasteiger partial charge in [0.25, 0.3) is 0 Å². The number of nitrogens with one attached hydrogen (secondary N) is 1. The van der Waals surface area contributed by atoms with Gasteiger partial charge in [-0.05, 0) is 85.2 Å². The van der Waals surface area contributed by atoms with E-state index in [1.165, 1.54) is 40.3 Å². The van der Waals surface area contributed by atoms with Gasteiger partial charge in [-0.25, -0.2) is 4.39 Å². The Morgan fingerprint density at radius 1 is 1.07 bits per heavy atom. The number of H-pyrrole nitrogens is 1. The zero-order valence-electron chi connectivity index (χ0n) is 17.3. The van der Waals surface area contributed by atoms with Crippen LogP contribution in [0.4, 0.5) is 4.39 Å². The predicted molar refractivity (Wildman–Crippen MR) is 115 cm³/mol. The SMILES string of the molecule is CCCc1cc2c(cc1CC)CCN(C)C2CCc1c[nH]c2ccc(F)cc12. The molecule has 0 saturated heterocycles. The van der Waals surface area contributed by atoms with Crippen LogP contribution in [0.15, 0.2) is 36.5 Å². The minimum Gasteiger partial charge on any atom is -0.361 e. The van der Waals surface area contributed by atoms with Crippen molar-refractivity contribution in [1.82, 2.24) is 9.88 Å². The lowest BCUT2D eigenvalue weighted by atomic mass is 9.85. The second-order valence-electron chi connectivity index (χ2n) is 8.21. The van der Waals surface area contributed by atoms with E-state index >= 15 is 0 Å². The third-order valence-electron chi connectivity index (χ3n) is 6.40. The molecule has 0 spiro atoms. The number of likely N-dealkylation sites (N-methyl/N-ethyl adjacent to an activating group) is 1. The van der Waals surface area contributed by atoms with Gasteiger partial charge in [0, 0.05) is 29.7 Å². The van der Waals surface area contributed by atoms with Crippen LogP contribution in [-0.4, -0.2) is 23.5 Å². The molecule has 2 nitrogen and oxygen atoms in total. The molecule has 1 aromatic heterocycles. The Morgan fingerprint density at radius 2 is 1.93 bits per heavy atom. The number of rotatable bonds is 6. The van der Waals surface area contributed by atoms with Crippen LogP contribution >= 0.6 is 0 Å². The summed E-state index contributed by atoms with van der Waals surface area (Å²) in [5, 5.41) is 1.02. The molecule has 0 saturated carbocycles. The highest BCUT2D eigenvalue weighted by Crippen LogP contribution is 2.35. The average molecular weight is 379 g/mol. The molecule has 0 amide bonds. The number of halogens is 1. The summed E-state index contributed by atoms with van der Waals surface area (Å²) in [6.07, 6.45) is 8.67. The molecule has 2 heterocycles. The summed E-state index contributed by atoms with van der Waals surface area (Å²) in [7, 11) is 2.25.